The van der Waals surface area contributed by atoms with Crippen LogP contribution in [0.3, 0.4) is 0 Å². The Morgan fingerprint density at radius 1 is 1.06 bits per heavy atom. The number of thiophene rings is 2. The minimum Gasteiger partial charge on any atom is -0.256 e. The smallest absolute Gasteiger partial charge is 0.0803 e. The Labute approximate surface area is 102 Å². The second-order valence-electron chi connectivity index (χ2n) is 3.31. The predicted octanol–water partition coefficient (Wildman–Crippen LogP) is 4.34. The van der Waals surface area contributed by atoms with Gasteiger partial charge in [-0.2, -0.15) is 0 Å². The highest BCUT2D eigenvalue weighted by molar-refractivity contribution is 7.13. The zero-order chi connectivity index (χ0) is 10.8. The van der Waals surface area contributed by atoms with E-state index in [9.17, 15) is 0 Å². The molecule has 0 bridgehead atoms. The third-order valence-corrected chi connectivity index (χ3v) is 3.83. The fourth-order valence-corrected chi connectivity index (χ4v) is 2.93. The Balaban J connectivity index is 2.19. The third-order valence-electron chi connectivity index (χ3n) is 2.32. The molecule has 3 heteroatoms. The molecule has 0 N–H and O–H groups in total. The lowest BCUT2D eigenvalue weighted by Crippen LogP contribution is -1.84. The molecule has 0 fully saturated rings. The highest BCUT2D eigenvalue weighted by Gasteiger charge is 2.09. The summed E-state index contributed by atoms with van der Waals surface area (Å²) in [5.74, 6) is 0. The molecular formula is C13H8NS2. The molecule has 0 aliphatic heterocycles. The van der Waals surface area contributed by atoms with Gasteiger partial charge in [0.05, 0.1) is 11.1 Å². The van der Waals surface area contributed by atoms with Crippen molar-refractivity contribution in [2.24, 2.45) is 0 Å². The molecule has 3 rings (SSSR count). The van der Waals surface area contributed by atoms with Gasteiger partial charge < -0.3 is 0 Å². The molecule has 3 aromatic rings. The molecule has 3 aromatic heterocycles. The van der Waals surface area contributed by atoms with E-state index in [2.05, 4.69) is 40.0 Å². The van der Waals surface area contributed by atoms with Crippen molar-refractivity contribution < 1.29 is 0 Å². The molecule has 16 heavy (non-hydrogen) atoms. The first-order valence-electron chi connectivity index (χ1n) is 4.89. The summed E-state index contributed by atoms with van der Waals surface area (Å²) in [5.41, 5.74) is 3.28. The van der Waals surface area contributed by atoms with Crippen molar-refractivity contribution in [3.8, 4) is 21.7 Å². The maximum Gasteiger partial charge on any atom is 0.0803 e. The van der Waals surface area contributed by atoms with Gasteiger partial charge in [-0.1, -0.05) is 6.07 Å². The zero-order valence-corrected chi connectivity index (χ0v) is 10.0. The molecule has 1 nitrogen and oxygen atoms in total. The quantitative estimate of drug-likeness (QED) is 0.651. The first kappa shape index (κ1) is 9.75. The van der Waals surface area contributed by atoms with Crippen LogP contribution in [-0.2, 0) is 0 Å². The van der Waals surface area contributed by atoms with Crippen LogP contribution in [0.1, 0.15) is 0 Å². The van der Waals surface area contributed by atoms with Gasteiger partial charge in [0.1, 0.15) is 0 Å². The highest BCUT2D eigenvalue weighted by atomic mass is 32.1. The van der Waals surface area contributed by atoms with E-state index >= 15 is 0 Å². The van der Waals surface area contributed by atoms with E-state index in [0.29, 0.717) is 0 Å². The number of rotatable bonds is 2. The summed E-state index contributed by atoms with van der Waals surface area (Å²) >= 11 is 3.32. The van der Waals surface area contributed by atoms with Crippen molar-refractivity contribution in [1.29, 1.82) is 0 Å². The second kappa shape index (κ2) is 4.20. The highest BCUT2D eigenvalue weighted by Crippen LogP contribution is 2.33. The van der Waals surface area contributed by atoms with E-state index < -0.39 is 0 Å². The molecular weight excluding hydrogens is 234 g/mol. The topological polar surface area (TPSA) is 12.9 Å². The Morgan fingerprint density at radius 2 is 2.06 bits per heavy atom. The lowest BCUT2D eigenvalue weighted by Gasteiger charge is -2.04. The standard InChI is InChI=1S/C13H8NS2/c1-3-11(12-4-2-7-16-12)13(14-6-1)10-5-8-15-9-10/h1-8H. The number of pyridine rings is 1. The molecule has 0 aliphatic carbocycles. The van der Waals surface area contributed by atoms with Gasteiger partial charge in [-0.15, -0.1) is 22.7 Å². The van der Waals surface area contributed by atoms with Gasteiger partial charge in [0.2, 0.25) is 0 Å². The SMILES string of the molecule is [c]1sccc1-c1ncccc1-c1cccs1. The molecule has 0 saturated heterocycles. The zero-order valence-electron chi connectivity index (χ0n) is 8.38. The lowest BCUT2D eigenvalue weighted by molar-refractivity contribution is 1.34. The van der Waals surface area contributed by atoms with Crippen LogP contribution in [0.2, 0.25) is 0 Å². The van der Waals surface area contributed by atoms with Gasteiger partial charge >= 0.3 is 0 Å². The average Bonchev–Trinajstić information content (AvgIpc) is 3.03. The van der Waals surface area contributed by atoms with E-state index in [1.54, 1.807) is 22.7 Å². The van der Waals surface area contributed by atoms with Gasteiger partial charge in [0.25, 0.3) is 0 Å². The summed E-state index contributed by atoms with van der Waals surface area (Å²) in [6.45, 7) is 0. The average molecular weight is 242 g/mol. The fraction of sp³-hybridized carbons (Fsp3) is 0. The van der Waals surface area contributed by atoms with E-state index in [1.807, 2.05) is 17.6 Å². The number of nitrogens with zero attached hydrogens (tertiary/aromatic N) is 1. The molecule has 0 spiro atoms. The second-order valence-corrected chi connectivity index (χ2v) is 4.97. The molecule has 0 saturated carbocycles. The maximum atomic E-state index is 4.46. The van der Waals surface area contributed by atoms with Crippen molar-refractivity contribution in [2.75, 3.05) is 0 Å². The Kier molecular flexibility index (Phi) is 2.56. The van der Waals surface area contributed by atoms with Crippen LogP contribution in [0.4, 0.5) is 0 Å². The molecule has 1 radical (unpaired) electrons. The normalized spacial score (nSPS) is 10.5. The summed E-state index contributed by atoms with van der Waals surface area (Å²) in [4.78, 5) is 5.71. The van der Waals surface area contributed by atoms with Gasteiger partial charge in [0, 0.05) is 22.2 Å². The van der Waals surface area contributed by atoms with Crippen LogP contribution in [0, 0.1) is 5.38 Å². The van der Waals surface area contributed by atoms with E-state index in [0.717, 1.165) is 11.3 Å². The van der Waals surface area contributed by atoms with Crippen molar-refractivity contribution in [1.82, 2.24) is 4.98 Å². The molecule has 0 aliphatic rings. The molecule has 0 aromatic carbocycles. The van der Waals surface area contributed by atoms with Crippen molar-refractivity contribution >= 4 is 22.7 Å². The minimum atomic E-state index is 1.02. The van der Waals surface area contributed by atoms with Crippen LogP contribution in [0.15, 0.2) is 47.3 Å². The Bertz CT molecular complexity index is 515. The molecule has 0 amide bonds. The maximum absolute atomic E-state index is 4.46. The van der Waals surface area contributed by atoms with Crippen LogP contribution in [-0.4, -0.2) is 4.98 Å². The summed E-state index contributed by atoms with van der Waals surface area (Å²) < 4.78 is 0. The van der Waals surface area contributed by atoms with Gasteiger partial charge in [0.15, 0.2) is 0 Å². The third kappa shape index (κ3) is 1.68. The summed E-state index contributed by atoms with van der Waals surface area (Å²) in [5, 5.41) is 7.36. The monoisotopic (exact) mass is 242 g/mol. The Morgan fingerprint density at radius 3 is 2.81 bits per heavy atom. The van der Waals surface area contributed by atoms with Crippen molar-refractivity contribution in [2.45, 2.75) is 0 Å². The van der Waals surface area contributed by atoms with Gasteiger partial charge in [-0.05, 0) is 35.0 Å². The summed E-state index contributed by atoms with van der Waals surface area (Å²) in [6, 6.07) is 10.3. The molecule has 77 valence electrons. The molecule has 0 unspecified atom stereocenters. The van der Waals surface area contributed by atoms with E-state index in [4.69, 9.17) is 0 Å². The fourth-order valence-electron chi connectivity index (χ4n) is 1.61. The molecule has 0 atom stereocenters. The van der Waals surface area contributed by atoms with Gasteiger partial charge in [-0.3, -0.25) is 4.98 Å². The summed E-state index contributed by atoms with van der Waals surface area (Å²) in [7, 11) is 0. The van der Waals surface area contributed by atoms with Gasteiger partial charge in [-0.25, -0.2) is 0 Å². The van der Waals surface area contributed by atoms with Crippen molar-refractivity contribution in [3.05, 3.63) is 52.7 Å². The first-order chi connectivity index (χ1) is 7.95. The summed E-state index contributed by atoms with van der Waals surface area (Å²) in [6.07, 6.45) is 1.83. The molecule has 3 heterocycles. The predicted molar refractivity (Wildman–Crippen MR) is 69.7 cm³/mol. The van der Waals surface area contributed by atoms with E-state index in [1.165, 1.54) is 10.4 Å². The Hall–Kier alpha value is -1.45. The first-order valence-corrected chi connectivity index (χ1v) is 6.65. The lowest BCUT2D eigenvalue weighted by atomic mass is 10.1. The van der Waals surface area contributed by atoms with E-state index in [-0.39, 0.29) is 0 Å². The van der Waals surface area contributed by atoms with Crippen LogP contribution < -0.4 is 0 Å². The van der Waals surface area contributed by atoms with Crippen LogP contribution >= 0.6 is 22.7 Å². The largest absolute Gasteiger partial charge is 0.256 e. The van der Waals surface area contributed by atoms with Crippen LogP contribution in [0.5, 0.6) is 0 Å². The van der Waals surface area contributed by atoms with Crippen LogP contribution in [0.25, 0.3) is 21.7 Å². The number of hydrogen-bond acceptors (Lipinski definition) is 3. The van der Waals surface area contributed by atoms with Crippen molar-refractivity contribution in [3.63, 3.8) is 0 Å². The number of hydrogen-bond donors (Lipinski definition) is 0. The minimum absolute atomic E-state index is 1.02. The number of aromatic nitrogens is 1.